The molecule has 1 saturated heterocycles. The normalized spacial score (nSPS) is 25.4. The van der Waals surface area contributed by atoms with Crippen LogP contribution in [0.25, 0.3) is 0 Å². The number of thioether (sulfide) groups is 1. The monoisotopic (exact) mass is 315 g/mol. The number of imide groups is 1. The van der Waals surface area contributed by atoms with Gasteiger partial charge in [-0.1, -0.05) is 36.9 Å². The van der Waals surface area contributed by atoms with Crippen molar-refractivity contribution in [2.75, 3.05) is 5.75 Å². The number of hydrogen-bond acceptors (Lipinski definition) is 5. The molecule has 0 aromatic heterocycles. The number of carbonyl (C=O) groups is 2. The Labute approximate surface area is 133 Å². The molecule has 0 radical (unpaired) electrons. The fourth-order valence-corrected chi connectivity index (χ4v) is 3.36. The lowest BCUT2D eigenvalue weighted by molar-refractivity contribution is -0.122. The van der Waals surface area contributed by atoms with E-state index < -0.39 is 0 Å². The van der Waals surface area contributed by atoms with E-state index in [0.29, 0.717) is 16.6 Å². The minimum absolute atomic E-state index is 0.235. The molecule has 1 aliphatic heterocycles. The lowest BCUT2D eigenvalue weighted by Crippen LogP contribution is -2.35. The number of amides is 2. The molecule has 3 rings (SSSR count). The van der Waals surface area contributed by atoms with Gasteiger partial charge in [-0.15, -0.1) is 5.10 Å². The minimum atomic E-state index is -0.339. The van der Waals surface area contributed by atoms with Crippen molar-refractivity contribution in [3.05, 3.63) is 35.9 Å². The van der Waals surface area contributed by atoms with Gasteiger partial charge in [-0.25, -0.2) is 4.90 Å². The molecular weight excluding hydrogens is 298 g/mol. The van der Waals surface area contributed by atoms with Gasteiger partial charge in [-0.05, 0) is 37.3 Å². The Morgan fingerprint density at radius 3 is 2.73 bits per heavy atom. The highest BCUT2D eigenvalue weighted by Gasteiger charge is 2.34. The van der Waals surface area contributed by atoms with E-state index in [1.807, 2.05) is 6.07 Å². The first-order valence-electron chi connectivity index (χ1n) is 7.33. The Balaban J connectivity index is 1.82. The molecule has 0 bridgehead atoms. The zero-order chi connectivity index (χ0) is 15.5. The molecule has 1 aromatic carbocycles. The quantitative estimate of drug-likeness (QED) is 0.622. The van der Waals surface area contributed by atoms with Crippen molar-refractivity contribution in [1.82, 2.24) is 4.90 Å². The molecule has 22 heavy (non-hydrogen) atoms. The second-order valence-corrected chi connectivity index (χ2v) is 6.53. The first kappa shape index (κ1) is 15.0. The van der Waals surface area contributed by atoms with Crippen molar-refractivity contribution in [2.24, 2.45) is 16.1 Å². The first-order chi connectivity index (χ1) is 10.6. The van der Waals surface area contributed by atoms with Crippen molar-refractivity contribution in [2.45, 2.75) is 26.2 Å². The van der Waals surface area contributed by atoms with Crippen molar-refractivity contribution in [3.8, 4) is 0 Å². The molecule has 6 heteroatoms. The number of hydrogen-bond donors (Lipinski definition) is 0. The summed E-state index contributed by atoms with van der Waals surface area (Å²) in [5.74, 6) is 0.296. The van der Waals surface area contributed by atoms with E-state index >= 15 is 0 Å². The van der Waals surface area contributed by atoms with Crippen LogP contribution in [0.1, 0.15) is 36.5 Å². The third-order valence-electron chi connectivity index (χ3n) is 3.78. The Kier molecular flexibility index (Phi) is 4.38. The average Bonchev–Trinajstić information content (AvgIpc) is 3.11. The number of amidine groups is 1. The SMILES string of the molecule is CC1CC/C(=N/N=C2/SCC(=O)N2C(=O)c2ccccc2)C1. The number of nitrogens with zero attached hydrogens (tertiary/aromatic N) is 3. The maximum atomic E-state index is 12.5. The van der Waals surface area contributed by atoms with Crippen molar-refractivity contribution < 1.29 is 9.59 Å². The minimum Gasteiger partial charge on any atom is -0.273 e. The van der Waals surface area contributed by atoms with E-state index in [1.54, 1.807) is 24.3 Å². The van der Waals surface area contributed by atoms with Crippen LogP contribution in [-0.2, 0) is 4.79 Å². The number of carbonyl (C=O) groups excluding carboxylic acids is 2. The van der Waals surface area contributed by atoms with E-state index in [1.165, 1.54) is 11.8 Å². The van der Waals surface area contributed by atoms with Crippen LogP contribution in [0.2, 0.25) is 0 Å². The summed E-state index contributed by atoms with van der Waals surface area (Å²) in [5.41, 5.74) is 1.53. The molecule has 2 amide bonds. The summed E-state index contributed by atoms with van der Waals surface area (Å²) in [6, 6.07) is 8.77. The van der Waals surface area contributed by atoms with Crippen LogP contribution in [-0.4, -0.2) is 33.3 Å². The summed E-state index contributed by atoms with van der Waals surface area (Å²) >= 11 is 1.26. The maximum Gasteiger partial charge on any atom is 0.266 e. The highest BCUT2D eigenvalue weighted by atomic mass is 32.2. The summed E-state index contributed by atoms with van der Waals surface area (Å²) in [6.07, 6.45) is 3.02. The van der Waals surface area contributed by atoms with Gasteiger partial charge in [0.05, 0.1) is 5.75 Å². The summed E-state index contributed by atoms with van der Waals surface area (Å²) in [5, 5.41) is 8.80. The lowest BCUT2D eigenvalue weighted by atomic mass is 10.1. The second-order valence-electron chi connectivity index (χ2n) is 5.59. The topological polar surface area (TPSA) is 62.1 Å². The van der Waals surface area contributed by atoms with Gasteiger partial charge in [0, 0.05) is 11.3 Å². The van der Waals surface area contributed by atoms with Gasteiger partial charge in [0.15, 0.2) is 5.17 Å². The van der Waals surface area contributed by atoms with Gasteiger partial charge in [0.25, 0.3) is 5.91 Å². The Hall–Kier alpha value is -1.95. The zero-order valence-corrected chi connectivity index (χ0v) is 13.2. The summed E-state index contributed by atoms with van der Waals surface area (Å²) in [7, 11) is 0. The van der Waals surface area contributed by atoms with Crippen LogP contribution >= 0.6 is 11.8 Å². The Morgan fingerprint density at radius 2 is 2.05 bits per heavy atom. The van der Waals surface area contributed by atoms with E-state index in [2.05, 4.69) is 17.1 Å². The van der Waals surface area contributed by atoms with Crippen molar-refractivity contribution in [1.29, 1.82) is 0 Å². The molecule has 5 nitrogen and oxygen atoms in total. The van der Waals surface area contributed by atoms with Crippen LogP contribution in [0.4, 0.5) is 0 Å². The maximum absolute atomic E-state index is 12.5. The van der Waals surface area contributed by atoms with Gasteiger partial charge in [-0.3, -0.25) is 9.59 Å². The van der Waals surface area contributed by atoms with Crippen LogP contribution < -0.4 is 0 Å². The molecule has 2 aliphatic rings. The van der Waals surface area contributed by atoms with Gasteiger partial charge in [0.2, 0.25) is 5.91 Å². The van der Waals surface area contributed by atoms with Crippen molar-refractivity contribution in [3.63, 3.8) is 0 Å². The van der Waals surface area contributed by atoms with Crippen LogP contribution in [0.15, 0.2) is 40.5 Å². The van der Waals surface area contributed by atoms with Gasteiger partial charge >= 0.3 is 0 Å². The van der Waals surface area contributed by atoms with Crippen LogP contribution in [0.5, 0.6) is 0 Å². The number of benzene rings is 1. The molecule has 1 atom stereocenters. The molecule has 0 N–H and O–H groups in total. The Morgan fingerprint density at radius 1 is 1.27 bits per heavy atom. The third-order valence-corrected chi connectivity index (χ3v) is 4.69. The molecular formula is C16H17N3O2S. The highest BCUT2D eigenvalue weighted by Crippen LogP contribution is 2.24. The second kappa shape index (κ2) is 6.44. The Bertz CT molecular complexity index is 655. The summed E-state index contributed by atoms with van der Waals surface area (Å²) in [4.78, 5) is 25.6. The molecule has 1 aliphatic carbocycles. The molecule has 1 heterocycles. The predicted molar refractivity (Wildman–Crippen MR) is 88.0 cm³/mol. The average molecular weight is 315 g/mol. The van der Waals surface area contributed by atoms with E-state index in [0.717, 1.165) is 29.9 Å². The molecule has 114 valence electrons. The largest absolute Gasteiger partial charge is 0.273 e. The van der Waals surface area contributed by atoms with Crippen LogP contribution in [0, 0.1) is 5.92 Å². The predicted octanol–water partition coefficient (Wildman–Crippen LogP) is 2.93. The standard InChI is InChI=1S/C16H17N3O2S/c1-11-7-8-13(9-11)17-18-16-19(14(20)10-22-16)15(21)12-5-3-2-4-6-12/h2-6,11H,7-10H2,1H3/b17-13-,18-16+. The number of rotatable bonds is 2. The molecule has 1 aromatic rings. The molecule has 0 spiro atoms. The lowest BCUT2D eigenvalue weighted by Gasteiger charge is -2.13. The fraction of sp³-hybridized carbons (Fsp3) is 0.375. The fourth-order valence-electron chi connectivity index (χ4n) is 2.57. The summed E-state index contributed by atoms with van der Waals surface area (Å²) < 4.78 is 0. The van der Waals surface area contributed by atoms with Gasteiger partial charge in [-0.2, -0.15) is 5.10 Å². The highest BCUT2D eigenvalue weighted by molar-refractivity contribution is 8.15. The molecule has 2 fully saturated rings. The molecule has 1 saturated carbocycles. The van der Waals surface area contributed by atoms with Gasteiger partial charge < -0.3 is 0 Å². The molecule has 1 unspecified atom stereocenters. The van der Waals surface area contributed by atoms with Crippen molar-refractivity contribution >= 4 is 34.5 Å². The summed E-state index contributed by atoms with van der Waals surface area (Å²) in [6.45, 7) is 2.19. The van der Waals surface area contributed by atoms with Gasteiger partial charge in [0.1, 0.15) is 0 Å². The van der Waals surface area contributed by atoms with E-state index in [4.69, 9.17) is 0 Å². The first-order valence-corrected chi connectivity index (χ1v) is 8.32. The zero-order valence-electron chi connectivity index (χ0n) is 12.4. The van der Waals surface area contributed by atoms with E-state index in [-0.39, 0.29) is 17.6 Å². The third kappa shape index (κ3) is 3.11. The smallest absolute Gasteiger partial charge is 0.266 e. The van der Waals surface area contributed by atoms with E-state index in [9.17, 15) is 9.59 Å². The van der Waals surface area contributed by atoms with Crippen LogP contribution in [0.3, 0.4) is 0 Å².